The van der Waals surface area contributed by atoms with Gasteiger partial charge in [-0.05, 0) is 55.8 Å². The molecule has 2 aromatic carbocycles. The third-order valence-electron chi connectivity index (χ3n) is 5.65. The van der Waals surface area contributed by atoms with E-state index in [2.05, 4.69) is 5.32 Å². The van der Waals surface area contributed by atoms with E-state index in [0.29, 0.717) is 43.1 Å². The molecular weight excluding hydrogens is 458 g/mol. The molecule has 1 heterocycles. The quantitative estimate of drug-likeness (QED) is 0.580. The van der Waals surface area contributed by atoms with Crippen molar-refractivity contribution in [3.05, 3.63) is 53.6 Å². The molecule has 2 aromatic rings. The molecule has 0 aromatic heterocycles. The minimum Gasteiger partial charge on any atom is -0.495 e. The minimum atomic E-state index is -3.79. The van der Waals surface area contributed by atoms with E-state index in [9.17, 15) is 18.0 Å². The first-order valence-corrected chi connectivity index (χ1v) is 12.7. The average molecular weight is 490 g/mol. The number of carbonyl (C=O) groups excluding carboxylic acids is 2. The van der Waals surface area contributed by atoms with Gasteiger partial charge < -0.3 is 19.7 Å². The summed E-state index contributed by atoms with van der Waals surface area (Å²) in [5, 5.41) is 2.79. The van der Waals surface area contributed by atoms with Gasteiger partial charge >= 0.3 is 0 Å². The molecule has 0 unspecified atom stereocenters. The predicted octanol–water partition coefficient (Wildman–Crippen LogP) is 2.38. The number of rotatable bonds is 9. The van der Waals surface area contributed by atoms with Crippen molar-refractivity contribution in [1.82, 2.24) is 9.21 Å². The third kappa shape index (κ3) is 5.94. The fourth-order valence-electron chi connectivity index (χ4n) is 3.74. The largest absolute Gasteiger partial charge is 0.495 e. The zero-order chi connectivity index (χ0) is 24.7. The lowest BCUT2D eigenvalue weighted by atomic mass is 10.1. The van der Waals surface area contributed by atoms with Crippen LogP contribution in [0.25, 0.3) is 0 Å². The van der Waals surface area contributed by atoms with Crippen molar-refractivity contribution in [1.29, 1.82) is 0 Å². The number of nitrogens with zero attached hydrogens (tertiary/aromatic N) is 2. The summed E-state index contributed by atoms with van der Waals surface area (Å²) in [4.78, 5) is 26.8. The van der Waals surface area contributed by atoms with Crippen LogP contribution in [0.1, 0.15) is 29.8 Å². The molecule has 0 aliphatic carbocycles. The predicted molar refractivity (Wildman–Crippen MR) is 129 cm³/mol. The maximum atomic E-state index is 13.1. The summed E-state index contributed by atoms with van der Waals surface area (Å²) < 4.78 is 38.2. The third-order valence-corrected chi connectivity index (χ3v) is 7.57. The number of sulfonamides is 1. The highest BCUT2D eigenvalue weighted by Crippen LogP contribution is 2.28. The summed E-state index contributed by atoms with van der Waals surface area (Å²) in [7, 11) is -2.37. The van der Waals surface area contributed by atoms with Crippen molar-refractivity contribution in [3.63, 3.8) is 0 Å². The Labute approximate surface area is 200 Å². The van der Waals surface area contributed by atoms with Crippen molar-refractivity contribution in [2.45, 2.75) is 25.2 Å². The molecule has 1 aliphatic rings. The number of amides is 2. The van der Waals surface area contributed by atoms with Gasteiger partial charge in [0.25, 0.3) is 5.91 Å². The molecule has 0 saturated carbocycles. The smallest absolute Gasteiger partial charge is 0.253 e. The van der Waals surface area contributed by atoms with Gasteiger partial charge in [-0.1, -0.05) is 6.07 Å². The number of morpholine rings is 1. The van der Waals surface area contributed by atoms with Crippen LogP contribution in [0, 0.1) is 0 Å². The number of methoxy groups -OCH3 is 1. The zero-order valence-corrected chi connectivity index (χ0v) is 20.6. The molecule has 0 bridgehead atoms. The van der Waals surface area contributed by atoms with E-state index in [0.717, 1.165) is 0 Å². The van der Waals surface area contributed by atoms with E-state index < -0.39 is 10.0 Å². The molecule has 1 aliphatic heterocycles. The van der Waals surface area contributed by atoms with Crippen LogP contribution in [0.3, 0.4) is 0 Å². The number of carbonyl (C=O) groups is 2. The van der Waals surface area contributed by atoms with Crippen LogP contribution < -0.4 is 10.1 Å². The lowest BCUT2D eigenvalue weighted by Crippen LogP contribution is -2.40. The Bertz CT molecular complexity index is 1110. The van der Waals surface area contributed by atoms with Crippen LogP contribution in [-0.4, -0.2) is 75.9 Å². The van der Waals surface area contributed by atoms with E-state index >= 15 is 0 Å². The topological polar surface area (TPSA) is 105 Å². The number of anilines is 1. The Balaban J connectivity index is 1.71. The van der Waals surface area contributed by atoms with Crippen LogP contribution in [-0.2, 0) is 26.0 Å². The summed E-state index contributed by atoms with van der Waals surface area (Å²) in [6.07, 6.45) is -0.0181. The van der Waals surface area contributed by atoms with Gasteiger partial charge in [0.05, 0.1) is 26.7 Å². The molecule has 0 radical (unpaired) electrons. The summed E-state index contributed by atoms with van der Waals surface area (Å²) in [6, 6.07) is 11.4. The average Bonchev–Trinajstić information content (AvgIpc) is 2.85. The van der Waals surface area contributed by atoms with E-state index in [1.54, 1.807) is 41.3 Å². The first kappa shape index (κ1) is 25.7. The van der Waals surface area contributed by atoms with Crippen LogP contribution in [0.2, 0.25) is 0 Å². The number of ether oxygens (including phenoxy) is 2. The summed E-state index contributed by atoms with van der Waals surface area (Å²) in [5.41, 5.74) is 1.64. The lowest BCUT2D eigenvalue weighted by Gasteiger charge is -2.26. The fourth-order valence-corrected chi connectivity index (χ4v) is 5.35. The van der Waals surface area contributed by atoms with E-state index in [1.807, 2.05) is 13.8 Å². The molecule has 2 amide bonds. The molecular formula is C24H31N3O6S. The Morgan fingerprint density at radius 1 is 1.06 bits per heavy atom. The van der Waals surface area contributed by atoms with Crippen molar-refractivity contribution in [3.8, 4) is 5.75 Å². The monoisotopic (exact) mass is 489 g/mol. The van der Waals surface area contributed by atoms with Crippen molar-refractivity contribution >= 4 is 27.5 Å². The van der Waals surface area contributed by atoms with Crippen LogP contribution in [0.4, 0.5) is 5.69 Å². The van der Waals surface area contributed by atoms with Gasteiger partial charge in [-0.25, -0.2) is 8.42 Å². The second-order valence-corrected chi connectivity index (χ2v) is 9.69. The van der Waals surface area contributed by atoms with Crippen LogP contribution in [0.5, 0.6) is 5.75 Å². The molecule has 184 valence electrons. The van der Waals surface area contributed by atoms with E-state index in [1.165, 1.54) is 17.5 Å². The van der Waals surface area contributed by atoms with E-state index in [-0.39, 0.29) is 42.0 Å². The van der Waals surface area contributed by atoms with Crippen LogP contribution >= 0.6 is 0 Å². The molecule has 1 N–H and O–H groups in total. The molecule has 10 heteroatoms. The Kier molecular flexibility index (Phi) is 8.65. The maximum Gasteiger partial charge on any atom is 0.253 e. The highest BCUT2D eigenvalue weighted by Gasteiger charge is 2.29. The second kappa shape index (κ2) is 11.5. The molecule has 1 saturated heterocycles. The molecule has 1 fully saturated rings. The van der Waals surface area contributed by atoms with Gasteiger partial charge in [-0.2, -0.15) is 4.31 Å². The number of hydrogen-bond donors (Lipinski definition) is 1. The first-order valence-electron chi connectivity index (χ1n) is 11.2. The number of benzene rings is 2. The van der Waals surface area contributed by atoms with Gasteiger partial charge in [-0.3, -0.25) is 9.59 Å². The normalized spacial score (nSPS) is 14.4. The first-order chi connectivity index (χ1) is 16.3. The zero-order valence-electron chi connectivity index (χ0n) is 19.7. The number of hydrogen-bond acceptors (Lipinski definition) is 6. The lowest BCUT2D eigenvalue weighted by molar-refractivity contribution is -0.115. The molecule has 9 nitrogen and oxygen atoms in total. The van der Waals surface area contributed by atoms with Crippen LogP contribution in [0.15, 0.2) is 47.4 Å². The Hall–Kier alpha value is -2.95. The van der Waals surface area contributed by atoms with Gasteiger partial charge in [0.1, 0.15) is 10.6 Å². The SMILES string of the molecule is CCN(CC)C(=O)c1ccc(NC(=O)Cc2ccc(OC)c(S(=O)(=O)N3CCOCC3)c2)cc1. The van der Waals surface area contributed by atoms with Crippen molar-refractivity contribution < 1.29 is 27.5 Å². The standard InChI is InChI=1S/C24H31N3O6S/c1-4-26(5-2)24(29)19-7-9-20(10-8-19)25-23(28)17-18-6-11-21(32-3)22(16-18)34(30,31)27-12-14-33-15-13-27/h6-11,16H,4-5,12-15,17H2,1-3H3,(H,25,28). The molecule has 3 rings (SSSR count). The fraction of sp³-hybridized carbons (Fsp3) is 0.417. The minimum absolute atomic E-state index is 0.0181. The Morgan fingerprint density at radius 3 is 2.29 bits per heavy atom. The van der Waals surface area contributed by atoms with Gasteiger partial charge in [0, 0.05) is 37.4 Å². The highest BCUT2D eigenvalue weighted by molar-refractivity contribution is 7.89. The summed E-state index contributed by atoms with van der Waals surface area (Å²) in [5.74, 6) is -0.137. The summed E-state index contributed by atoms with van der Waals surface area (Å²) >= 11 is 0. The molecule has 34 heavy (non-hydrogen) atoms. The summed E-state index contributed by atoms with van der Waals surface area (Å²) in [6.45, 7) is 6.30. The maximum absolute atomic E-state index is 13.1. The van der Waals surface area contributed by atoms with Gasteiger partial charge in [-0.15, -0.1) is 0 Å². The Morgan fingerprint density at radius 2 is 1.71 bits per heavy atom. The molecule has 0 atom stereocenters. The second-order valence-electron chi connectivity index (χ2n) is 7.78. The van der Waals surface area contributed by atoms with Gasteiger partial charge in [0.2, 0.25) is 15.9 Å². The van der Waals surface area contributed by atoms with E-state index in [4.69, 9.17) is 9.47 Å². The highest BCUT2D eigenvalue weighted by atomic mass is 32.2. The van der Waals surface area contributed by atoms with Crippen molar-refractivity contribution in [2.75, 3.05) is 51.8 Å². The van der Waals surface area contributed by atoms with Gasteiger partial charge in [0.15, 0.2) is 0 Å². The molecule has 0 spiro atoms. The van der Waals surface area contributed by atoms with Crippen molar-refractivity contribution in [2.24, 2.45) is 0 Å². The number of nitrogens with one attached hydrogen (secondary N) is 1.